The zero-order chi connectivity index (χ0) is 18.9. The van der Waals surface area contributed by atoms with Gasteiger partial charge in [0, 0.05) is 16.4 Å². The van der Waals surface area contributed by atoms with E-state index in [1.165, 1.54) is 0 Å². The highest BCUT2D eigenvalue weighted by atomic mass is 16.3. The zero-order valence-electron chi connectivity index (χ0n) is 15.2. The first kappa shape index (κ1) is 17.6. The number of hydrogen-bond donors (Lipinski definition) is 3. The van der Waals surface area contributed by atoms with Crippen LogP contribution in [0.25, 0.3) is 10.8 Å². The lowest BCUT2D eigenvalue weighted by Crippen LogP contribution is -2.28. The summed E-state index contributed by atoms with van der Waals surface area (Å²) in [5.41, 5.74) is 3.49. The van der Waals surface area contributed by atoms with E-state index in [1.807, 2.05) is 51.1 Å². The summed E-state index contributed by atoms with van der Waals surface area (Å²) >= 11 is 0. The average molecular weight is 351 g/mol. The summed E-state index contributed by atoms with van der Waals surface area (Å²) in [6.07, 6.45) is 0. The normalized spacial score (nSPS) is 12.4. The van der Waals surface area contributed by atoms with E-state index in [1.54, 1.807) is 13.0 Å². The first-order chi connectivity index (χ1) is 12.3. The van der Waals surface area contributed by atoms with E-state index < -0.39 is 5.41 Å². The fourth-order valence-electron chi connectivity index (χ4n) is 2.62. The molecule has 0 unspecified atom stereocenters. The van der Waals surface area contributed by atoms with Crippen LogP contribution in [-0.4, -0.2) is 26.0 Å². The third kappa shape index (κ3) is 3.42. The third-order valence-corrected chi connectivity index (χ3v) is 4.03. The molecule has 3 aromatic rings. The number of fused-ring (bicyclic) bond motifs is 1. The fraction of sp³-hybridized carbons (Fsp3) is 0.263. The molecule has 7 heteroatoms. The standard InChI is InChI=1S/C19H21N5O2/c1-11(13-10-9-12-7-5-6-8-14(12)15(13)25)21-23-18-20-17(26)16(22-24-18)19(2,3)4/h5-10,25H,1-4H3,(H2,20,23,24,26)/b21-11+. The molecule has 26 heavy (non-hydrogen) atoms. The van der Waals surface area contributed by atoms with E-state index in [9.17, 15) is 9.90 Å². The lowest BCUT2D eigenvalue weighted by molar-refractivity contribution is 0.480. The summed E-state index contributed by atoms with van der Waals surface area (Å²) in [6.45, 7) is 7.43. The van der Waals surface area contributed by atoms with Gasteiger partial charge < -0.3 is 5.11 Å². The second-order valence-corrected chi connectivity index (χ2v) is 7.09. The van der Waals surface area contributed by atoms with E-state index in [-0.39, 0.29) is 17.3 Å². The molecule has 0 saturated carbocycles. The Balaban J connectivity index is 1.89. The maximum absolute atomic E-state index is 12.1. The van der Waals surface area contributed by atoms with Gasteiger partial charge in [0.25, 0.3) is 5.56 Å². The molecule has 1 heterocycles. The number of hydrazone groups is 1. The van der Waals surface area contributed by atoms with Crippen molar-refractivity contribution in [3.63, 3.8) is 0 Å². The van der Waals surface area contributed by atoms with E-state index in [0.717, 1.165) is 10.8 Å². The van der Waals surface area contributed by atoms with Gasteiger partial charge in [-0.15, -0.1) is 10.2 Å². The Morgan fingerprint density at radius 3 is 2.58 bits per heavy atom. The minimum Gasteiger partial charge on any atom is -0.507 e. The Morgan fingerprint density at radius 1 is 1.15 bits per heavy atom. The van der Waals surface area contributed by atoms with Crippen molar-refractivity contribution in [2.75, 3.05) is 5.43 Å². The van der Waals surface area contributed by atoms with Crippen LogP contribution in [0, 0.1) is 0 Å². The molecule has 0 saturated heterocycles. The predicted octanol–water partition coefficient (Wildman–Crippen LogP) is 3.16. The third-order valence-electron chi connectivity index (χ3n) is 4.03. The van der Waals surface area contributed by atoms with E-state index in [4.69, 9.17) is 0 Å². The van der Waals surface area contributed by atoms with Crippen molar-refractivity contribution in [1.82, 2.24) is 15.2 Å². The van der Waals surface area contributed by atoms with Crippen LogP contribution >= 0.6 is 0 Å². The van der Waals surface area contributed by atoms with E-state index in [0.29, 0.717) is 17.0 Å². The molecule has 0 spiro atoms. The van der Waals surface area contributed by atoms with Crippen LogP contribution in [-0.2, 0) is 5.41 Å². The highest BCUT2D eigenvalue weighted by Crippen LogP contribution is 2.29. The number of benzene rings is 2. The quantitative estimate of drug-likeness (QED) is 0.497. The Bertz CT molecular complexity index is 1050. The van der Waals surface area contributed by atoms with Crippen LogP contribution in [0.1, 0.15) is 39.0 Å². The zero-order valence-corrected chi connectivity index (χ0v) is 15.2. The summed E-state index contributed by atoms with van der Waals surface area (Å²) in [4.78, 5) is 14.7. The van der Waals surface area contributed by atoms with Gasteiger partial charge in [-0.3, -0.25) is 9.78 Å². The molecule has 7 nitrogen and oxygen atoms in total. The van der Waals surface area contributed by atoms with E-state index >= 15 is 0 Å². The number of rotatable bonds is 3. The molecule has 134 valence electrons. The molecule has 0 fully saturated rings. The molecule has 0 radical (unpaired) electrons. The van der Waals surface area contributed by atoms with Crippen molar-refractivity contribution in [2.45, 2.75) is 33.1 Å². The molecular formula is C19H21N5O2. The monoisotopic (exact) mass is 351 g/mol. The SMILES string of the molecule is C/C(=N\Nc1nnc(C(C)(C)C)c(=O)[nH]1)c1ccc2ccccc2c1O. The molecule has 0 amide bonds. The van der Waals surface area contributed by atoms with Crippen LogP contribution in [0.5, 0.6) is 5.75 Å². The van der Waals surface area contributed by atoms with Crippen molar-refractivity contribution < 1.29 is 5.11 Å². The second kappa shape index (κ2) is 6.59. The van der Waals surface area contributed by atoms with Crippen molar-refractivity contribution in [3.05, 3.63) is 58.0 Å². The van der Waals surface area contributed by atoms with Crippen molar-refractivity contribution in [1.29, 1.82) is 0 Å². The van der Waals surface area contributed by atoms with Gasteiger partial charge in [0.05, 0.1) is 5.71 Å². The molecule has 0 aliphatic heterocycles. The number of nitrogens with zero attached hydrogens (tertiary/aromatic N) is 3. The molecule has 0 bridgehead atoms. The lowest BCUT2D eigenvalue weighted by Gasteiger charge is -2.15. The number of anilines is 1. The van der Waals surface area contributed by atoms with Gasteiger partial charge >= 0.3 is 0 Å². The number of aromatic amines is 1. The fourth-order valence-corrected chi connectivity index (χ4v) is 2.62. The van der Waals surface area contributed by atoms with Gasteiger partial charge in [0.15, 0.2) is 0 Å². The molecule has 2 aromatic carbocycles. The topological polar surface area (TPSA) is 103 Å². The highest BCUT2D eigenvalue weighted by Gasteiger charge is 2.20. The van der Waals surface area contributed by atoms with Crippen LogP contribution < -0.4 is 11.0 Å². The molecule has 3 rings (SSSR count). The predicted molar refractivity (Wildman–Crippen MR) is 103 cm³/mol. The maximum atomic E-state index is 12.1. The van der Waals surface area contributed by atoms with Crippen LogP contribution in [0.3, 0.4) is 0 Å². The number of nitrogens with one attached hydrogen (secondary N) is 2. The smallest absolute Gasteiger partial charge is 0.274 e. The van der Waals surface area contributed by atoms with Crippen molar-refractivity contribution >= 4 is 22.4 Å². The molecule has 1 aromatic heterocycles. The Hall–Kier alpha value is -3.22. The van der Waals surface area contributed by atoms with Gasteiger partial charge in [-0.2, -0.15) is 5.10 Å². The number of hydrogen-bond acceptors (Lipinski definition) is 6. The lowest BCUT2D eigenvalue weighted by atomic mass is 9.93. The number of phenols is 1. The molecule has 0 aliphatic rings. The first-order valence-corrected chi connectivity index (χ1v) is 8.26. The van der Waals surface area contributed by atoms with Gasteiger partial charge in [0.2, 0.25) is 5.95 Å². The Morgan fingerprint density at radius 2 is 1.88 bits per heavy atom. The minimum atomic E-state index is -0.394. The van der Waals surface area contributed by atoms with Crippen LogP contribution in [0.2, 0.25) is 0 Å². The van der Waals surface area contributed by atoms with Gasteiger partial charge in [-0.05, 0) is 18.4 Å². The largest absolute Gasteiger partial charge is 0.507 e. The average Bonchev–Trinajstić information content (AvgIpc) is 2.59. The maximum Gasteiger partial charge on any atom is 0.274 e. The molecular weight excluding hydrogens is 330 g/mol. The van der Waals surface area contributed by atoms with E-state index in [2.05, 4.69) is 25.7 Å². The summed E-state index contributed by atoms with van der Waals surface area (Å²) in [7, 11) is 0. The second-order valence-electron chi connectivity index (χ2n) is 7.09. The van der Waals surface area contributed by atoms with Gasteiger partial charge in [-0.1, -0.05) is 51.1 Å². The summed E-state index contributed by atoms with van der Waals surface area (Å²) in [5.74, 6) is 0.302. The number of aromatic hydroxyl groups is 1. The number of H-pyrrole nitrogens is 1. The minimum absolute atomic E-state index is 0.141. The Labute approximate surface area is 150 Å². The van der Waals surface area contributed by atoms with Crippen molar-refractivity contribution in [2.24, 2.45) is 5.10 Å². The summed E-state index contributed by atoms with van der Waals surface area (Å²) in [5, 5.41) is 24.3. The summed E-state index contributed by atoms with van der Waals surface area (Å²) in [6, 6.07) is 11.3. The first-order valence-electron chi connectivity index (χ1n) is 8.26. The molecule has 0 atom stereocenters. The van der Waals surface area contributed by atoms with Gasteiger partial charge in [-0.25, -0.2) is 5.43 Å². The highest BCUT2D eigenvalue weighted by molar-refractivity contribution is 6.06. The Kier molecular flexibility index (Phi) is 4.46. The molecule has 3 N–H and O–H groups in total. The van der Waals surface area contributed by atoms with Gasteiger partial charge in [0.1, 0.15) is 11.4 Å². The number of phenolic OH excluding ortho intramolecular Hbond substituents is 1. The summed E-state index contributed by atoms with van der Waals surface area (Å²) < 4.78 is 0. The molecule has 0 aliphatic carbocycles. The number of aromatic nitrogens is 3. The van der Waals surface area contributed by atoms with Crippen molar-refractivity contribution in [3.8, 4) is 5.75 Å². The van der Waals surface area contributed by atoms with Crippen LogP contribution in [0.4, 0.5) is 5.95 Å². The van der Waals surface area contributed by atoms with Crippen LogP contribution in [0.15, 0.2) is 46.3 Å².